The second-order valence-electron chi connectivity index (χ2n) is 4.79. The molecule has 1 aromatic rings. The van der Waals surface area contributed by atoms with E-state index in [4.69, 9.17) is 16.3 Å². The van der Waals surface area contributed by atoms with Crippen LogP contribution in [0.25, 0.3) is 0 Å². The summed E-state index contributed by atoms with van der Waals surface area (Å²) in [5.41, 5.74) is -0.524. The molecule has 0 N–H and O–H groups in total. The van der Waals surface area contributed by atoms with Gasteiger partial charge >= 0.3 is 0 Å². The van der Waals surface area contributed by atoms with Gasteiger partial charge in [0.1, 0.15) is 5.60 Å². The van der Waals surface area contributed by atoms with Crippen LogP contribution < -0.4 is 0 Å². The van der Waals surface area contributed by atoms with Crippen molar-refractivity contribution in [3.8, 4) is 0 Å². The topological polar surface area (TPSA) is 26.3 Å². The maximum absolute atomic E-state index is 12.5. The number of ether oxygens (including phenoxy) is 1. The maximum Gasteiger partial charge on any atom is 0.169 e. The summed E-state index contributed by atoms with van der Waals surface area (Å²) < 4.78 is 6.58. The fourth-order valence-electron chi connectivity index (χ4n) is 2.67. The first-order valence-electron chi connectivity index (χ1n) is 6.58. The zero-order chi connectivity index (χ0) is 13.0. The van der Waals surface area contributed by atoms with Gasteiger partial charge in [0.2, 0.25) is 0 Å². The Morgan fingerprint density at radius 1 is 1.39 bits per heavy atom. The van der Waals surface area contributed by atoms with Gasteiger partial charge in [-0.05, 0) is 31.9 Å². The molecule has 0 radical (unpaired) electrons. The monoisotopic (exact) mass is 286 g/mol. The lowest BCUT2D eigenvalue weighted by molar-refractivity contribution is -0.148. The van der Waals surface area contributed by atoms with Crippen LogP contribution in [-0.4, -0.2) is 18.0 Å². The molecule has 100 valence electrons. The van der Waals surface area contributed by atoms with Gasteiger partial charge in [-0.25, -0.2) is 0 Å². The molecule has 0 aromatic carbocycles. The molecule has 0 spiro atoms. The molecule has 0 bridgehead atoms. The first-order valence-corrected chi connectivity index (χ1v) is 7.77. The molecule has 2 rings (SSSR count). The Morgan fingerprint density at radius 2 is 2.11 bits per heavy atom. The smallest absolute Gasteiger partial charge is 0.169 e. The highest BCUT2D eigenvalue weighted by Crippen LogP contribution is 2.34. The number of ketones is 1. The second kappa shape index (κ2) is 6.18. The van der Waals surface area contributed by atoms with E-state index in [2.05, 4.69) is 0 Å². The lowest BCUT2D eigenvalue weighted by Crippen LogP contribution is -2.44. The highest BCUT2D eigenvalue weighted by molar-refractivity contribution is 7.16. The van der Waals surface area contributed by atoms with Crippen LogP contribution in [0.4, 0.5) is 0 Å². The van der Waals surface area contributed by atoms with Crippen LogP contribution in [-0.2, 0) is 16.0 Å². The van der Waals surface area contributed by atoms with E-state index < -0.39 is 5.60 Å². The third-order valence-electron chi connectivity index (χ3n) is 3.55. The third-order valence-corrected chi connectivity index (χ3v) is 4.78. The van der Waals surface area contributed by atoms with Gasteiger partial charge < -0.3 is 4.74 Å². The van der Waals surface area contributed by atoms with Crippen LogP contribution in [0.2, 0.25) is 4.34 Å². The van der Waals surface area contributed by atoms with E-state index in [1.165, 1.54) is 17.8 Å². The van der Waals surface area contributed by atoms with Gasteiger partial charge in [-0.2, -0.15) is 0 Å². The zero-order valence-electron chi connectivity index (χ0n) is 10.7. The van der Waals surface area contributed by atoms with Gasteiger partial charge in [0.15, 0.2) is 5.78 Å². The molecule has 0 saturated heterocycles. The third kappa shape index (κ3) is 3.14. The summed E-state index contributed by atoms with van der Waals surface area (Å²) >= 11 is 7.39. The fraction of sp³-hybridized carbons (Fsp3) is 0.643. The molecule has 1 aromatic heterocycles. The summed E-state index contributed by atoms with van der Waals surface area (Å²) in [4.78, 5) is 13.6. The molecule has 2 nitrogen and oxygen atoms in total. The molecule has 18 heavy (non-hydrogen) atoms. The van der Waals surface area contributed by atoms with Crippen molar-refractivity contribution in [3.63, 3.8) is 0 Å². The molecular formula is C14H19ClO2S. The molecule has 0 aliphatic heterocycles. The van der Waals surface area contributed by atoms with Crippen molar-refractivity contribution < 1.29 is 9.53 Å². The molecule has 0 unspecified atom stereocenters. The van der Waals surface area contributed by atoms with Gasteiger partial charge in [-0.3, -0.25) is 4.79 Å². The number of rotatable bonds is 5. The van der Waals surface area contributed by atoms with Crippen molar-refractivity contribution in [3.05, 3.63) is 21.3 Å². The Balaban J connectivity index is 2.08. The molecule has 1 aliphatic rings. The van der Waals surface area contributed by atoms with E-state index in [9.17, 15) is 4.79 Å². The largest absolute Gasteiger partial charge is 0.367 e. The number of carbonyl (C=O) groups excluding carboxylic acids is 1. The molecule has 1 fully saturated rings. The first-order chi connectivity index (χ1) is 8.66. The Bertz CT molecular complexity index is 402. The van der Waals surface area contributed by atoms with Gasteiger partial charge in [-0.15, -0.1) is 11.3 Å². The van der Waals surface area contributed by atoms with Gasteiger partial charge in [0, 0.05) is 17.9 Å². The minimum Gasteiger partial charge on any atom is -0.367 e. The molecule has 1 heterocycles. The van der Waals surface area contributed by atoms with E-state index in [1.807, 2.05) is 19.1 Å². The van der Waals surface area contributed by atoms with E-state index >= 15 is 0 Å². The molecular weight excluding hydrogens is 268 g/mol. The molecule has 0 atom stereocenters. The predicted octanol–water partition coefficient (Wildman–Crippen LogP) is 4.25. The summed E-state index contributed by atoms with van der Waals surface area (Å²) in [7, 11) is 0. The minimum absolute atomic E-state index is 0.225. The Hall–Kier alpha value is -0.380. The summed E-state index contributed by atoms with van der Waals surface area (Å²) in [5.74, 6) is 0.225. The van der Waals surface area contributed by atoms with Gasteiger partial charge in [-0.1, -0.05) is 30.9 Å². The van der Waals surface area contributed by atoms with Crippen molar-refractivity contribution in [2.75, 3.05) is 6.61 Å². The SMILES string of the molecule is CCOC1(C(=O)Cc2ccc(Cl)s2)CCCCC1. The molecule has 0 amide bonds. The average Bonchev–Trinajstić information content (AvgIpc) is 2.76. The zero-order valence-corrected chi connectivity index (χ0v) is 12.3. The van der Waals surface area contributed by atoms with Crippen molar-refractivity contribution in [2.45, 2.75) is 51.0 Å². The van der Waals surface area contributed by atoms with Crippen LogP contribution in [0.1, 0.15) is 43.9 Å². The first kappa shape index (κ1) is 14.0. The van der Waals surface area contributed by atoms with E-state index in [0.29, 0.717) is 13.0 Å². The van der Waals surface area contributed by atoms with Crippen LogP contribution in [0.15, 0.2) is 12.1 Å². The van der Waals surface area contributed by atoms with E-state index in [1.54, 1.807) is 0 Å². The molecule has 1 saturated carbocycles. The van der Waals surface area contributed by atoms with Crippen molar-refractivity contribution in [1.82, 2.24) is 0 Å². The lowest BCUT2D eigenvalue weighted by atomic mass is 9.80. The number of thiophene rings is 1. The highest BCUT2D eigenvalue weighted by atomic mass is 35.5. The van der Waals surface area contributed by atoms with Crippen molar-refractivity contribution in [1.29, 1.82) is 0 Å². The van der Waals surface area contributed by atoms with Crippen LogP contribution in [0, 0.1) is 0 Å². The second-order valence-corrected chi connectivity index (χ2v) is 6.59. The predicted molar refractivity (Wildman–Crippen MR) is 75.5 cm³/mol. The Kier molecular flexibility index (Phi) is 4.82. The highest BCUT2D eigenvalue weighted by Gasteiger charge is 2.39. The van der Waals surface area contributed by atoms with Gasteiger partial charge in [0.25, 0.3) is 0 Å². The normalized spacial score (nSPS) is 18.8. The summed E-state index contributed by atoms with van der Waals surface area (Å²) in [6, 6.07) is 3.79. The summed E-state index contributed by atoms with van der Waals surface area (Å²) in [6.45, 7) is 2.57. The van der Waals surface area contributed by atoms with Crippen LogP contribution in [0.5, 0.6) is 0 Å². The number of hydrogen-bond donors (Lipinski definition) is 0. The summed E-state index contributed by atoms with van der Waals surface area (Å²) in [5, 5.41) is 0. The maximum atomic E-state index is 12.5. The average molecular weight is 287 g/mol. The number of halogens is 1. The molecule has 1 aliphatic carbocycles. The minimum atomic E-state index is -0.524. The van der Waals surface area contributed by atoms with Gasteiger partial charge in [0.05, 0.1) is 4.34 Å². The number of Topliss-reactive ketones (excluding diaryl/α,β-unsaturated/α-hetero) is 1. The Morgan fingerprint density at radius 3 is 2.67 bits per heavy atom. The molecule has 4 heteroatoms. The van der Waals surface area contributed by atoms with Crippen LogP contribution in [0.3, 0.4) is 0 Å². The van der Waals surface area contributed by atoms with Crippen LogP contribution >= 0.6 is 22.9 Å². The fourth-order valence-corrected chi connectivity index (χ4v) is 3.76. The number of carbonyl (C=O) groups is 1. The van der Waals surface area contributed by atoms with E-state index in [-0.39, 0.29) is 5.78 Å². The number of hydrogen-bond acceptors (Lipinski definition) is 3. The standard InChI is InChI=1S/C14H19ClO2S/c1-2-17-14(8-4-3-5-9-14)12(16)10-11-6-7-13(15)18-11/h6-7H,2-5,8-10H2,1H3. The van der Waals surface area contributed by atoms with Crippen molar-refractivity contribution in [2.24, 2.45) is 0 Å². The lowest BCUT2D eigenvalue weighted by Gasteiger charge is -2.35. The Labute approximate surface area is 117 Å². The van der Waals surface area contributed by atoms with Crippen molar-refractivity contribution >= 4 is 28.7 Å². The quantitative estimate of drug-likeness (QED) is 0.809. The summed E-state index contributed by atoms with van der Waals surface area (Å²) in [6.07, 6.45) is 5.61. The van der Waals surface area contributed by atoms with E-state index in [0.717, 1.165) is 34.9 Å².